The van der Waals surface area contributed by atoms with Gasteiger partial charge >= 0.3 is 0 Å². The molecule has 1 N–H and O–H groups in total. The molecule has 0 saturated carbocycles. The molecule has 104 valence electrons. The number of hydrogen-bond acceptors (Lipinski definition) is 4. The first-order chi connectivity index (χ1) is 8.52. The minimum Gasteiger partial charge on any atom is -0.383 e. The minimum absolute atomic E-state index is 0.453. The summed E-state index contributed by atoms with van der Waals surface area (Å²) in [6.45, 7) is 9.29. The van der Waals surface area contributed by atoms with Gasteiger partial charge in [0.25, 0.3) is 0 Å². The van der Waals surface area contributed by atoms with Crippen molar-refractivity contribution in [1.29, 1.82) is 0 Å². The van der Waals surface area contributed by atoms with Gasteiger partial charge in [-0.15, -0.1) is 11.3 Å². The molecule has 0 bridgehead atoms. The zero-order valence-electron chi connectivity index (χ0n) is 12.2. The van der Waals surface area contributed by atoms with Crippen LogP contribution in [0.25, 0.3) is 0 Å². The van der Waals surface area contributed by atoms with Crippen molar-refractivity contribution < 1.29 is 4.74 Å². The van der Waals surface area contributed by atoms with Crippen molar-refractivity contribution in [2.24, 2.45) is 0 Å². The molecular formula is C14H26N2OS. The quantitative estimate of drug-likeness (QED) is 0.786. The average Bonchev–Trinajstić information content (AvgIpc) is 2.74. The van der Waals surface area contributed by atoms with Gasteiger partial charge in [0.15, 0.2) is 0 Å². The molecule has 0 fully saturated rings. The Labute approximate surface area is 115 Å². The number of nitrogens with zero attached hydrogens (tertiary/aromatic N) is 1. The van der Waals surface area contributed by atoms with Gasteiger partial charge in [-0.25, -0.2) is 0 Å². The van der Waals surface area contributed by atoms with Crippen LogP contribution in [0.1, 0.15) is 30.5 Å². The van der Waals surface area contributed by atoms with Gasteiger partial charge in [0.1, 0.15) is 0 Å². The Hall–Kier alpha value is -0.420. The van der Waals surface area contributed by atoms with Crippen molar-refractivity contribution in [3.05, 3.63) is 21.9 Å². The fourth-order valence-electron chi connectivity index (χ4n) is 1.68. The van der Waals surface area contributed by atoms with Crippen molar-refractivity contribution in [2.75, 3.05) is 20.8 Å². The van der Waals surface area contributed by atoms with Gasteiger partial charge in [-0.3, -0.25) is 4.90 Å². The second-order valence-electron chi connectivity index (χ2n) is 5.12. The molecule has 18 heavy (non-hydrogen) atoms. The number of ether oxygens (including phenoxy) is 1. The normalized spacial score (nSPS) is 13.5. The lowest BCUT2D eigenvalue weighted by Gasteiger charge is -2.23. The third kappa shape index (κ3) is 5.48. The Morgan fingerprint density at radius 3 is 2.56 bits per heavy atom. The van der Waals surface area contributed by atoms with Crippen LogP contribution in [0.5, 0.6) is 0 Å². The molecule has 0 aliphatic carbocycles. The fourth-order valence-corrected chi connectivity index (χ4v) is 2.71. The number of thiophene rings is 1. The molecule has 1 rings (SSSR count). The van der Waals surface area contributed by atoms with E-state index in [-0.39, 0.29) is 0 Å². The Balaban J connectivity index is 2.43. The fraction of sp³-hybridized carbons (Fsp3) is 0.714. The number of nitrogens with one attached hydrogen (secondary N) is 1. The molecule has 1 aromatic rings. The highest BCUT2D eigenvalue weighted by molar-refractivity contribution is 7.11. The van der Waals surface area contributed by atoms with Gasteiger partial charge in [-0.2, -0.15) is 0 Å². The number of rotatable bonds is 8. The van der Waals surface area contributed by atoms with Crippen molar-refractivity contribution in [2.45, 2.75) is 45.9 Å². The summed E-state index contributed by atoms with van der Waals surface area (Å²) in [5.41, 5.74) is 0. The van der Waals surface area contributed by atoms with Crippen LogP contribution in [0, 0.1) is 0 Å². The maximum Gasteiger partial charge on any atom is 0.0615 e. The smallest absolute Gasteiger partial charge is 0.0615 e. The average molecular weight is 270 g/mol. The van der Waals surface area contributed by atoms with E-state index in [1.807, 2.05) is 11.3 Å². The van der Waals surface area contributed by atoms with E-state index in [0.717, 1.165) is 19.7 Å². The van der Waals surface area contributed by atoms with E-state index < -0.39 is 0 Å². The van der Waals surface area contributed by atoms with Gasteiger partial charge in [0.05, 0.1) is 6.61 Å². The second kappa shape index (κ2) is 7.89. The summed E-state index contributed by atoms with van der Waals surface area (Å²) in [7, 11) is 3.90. The molecule has 0 amide bonds. The number of likely N-dealkylation sites (N-methyl/N-ethyl adjacent to an activating group) is 1. The Bertz CT molecular complexity index is 338. The van der Waals surface area contributed by atoms with E-state index in [1.165, 1.54) is 9.75 Å². The summed E-state index contributed by atoms with van der Waals surface area (Å²) in [6, 6.07) is 5.46. The standard InChI is InChI=1S/C14H26N2OS/c1-11(2)15-8-13-6-7-14(18-13)9-16(4)12(3)10-17-5/h6-7,11-12,15H,8-10H2,1-5H3. The van der Waals surface area contributed by atoms with Crippen molar-refractivity contribution in [3.8, 4) is 0 Å². The van der Waals surface area contributed by atoms with Crippen LogP contribution in [-0.2, 0) is 17.8 Å². The molecule has 0 saturated heterocycles. The summed E-state index contributed by atoms with van der Waals surface area (Å²) in [6.07, 6.45) is 0. The van der Waals surface area contributed by atoms with Crippen molar-refractivity contribution in [1.82, 2.24) is 10.2 Å². The van der Waals surface area contributed by atoms with E-state index >= 15 is 0 Å². The lowest BCUT2D eigenvalue weighted by Crippen LogP contribution is -2.31. The zero-order valence-corrected chi connectivity index (χ0v) is 13.0. The molecule has 3 nitrogen and oxygen atoms in total. The Morgan fingerprint density at radius 1 is 1.28 bits per heavy atom. The summed E-state index contributed by atoms with van der Waals surface area (Å²) >= 11 is 1.89. The molecule has 0 aliphatic rings. The summed E-state index contributed by atoms with van der Waals surface area (Å²) in [4.78, 5) is 5.15. The molecule has 1 atom stereocenters. The highest BCUT2D eigenvalue weighted by Crippen LogP contribution is 2.18. The van der Waals surface area contributed by atoms with Crippen LogP contribution in [-0.4, -0.2) is 37.7 Å². The molecule has 1 unspecified atom stereocenters. The Kier molecular flexibility index (Phi) is 6.86. The lowest BCUT2D eigenvalue weighted by molar-refractivity contribution is 0.112. The molecule has 1 aromatic heterocycles. The van der Waals surface area contributed by atoms with Gasteiger partial charge in [0.2, 0.25) is 0 Å². The van der Waals surface area contributed by atoms with Crippen LogP contribution in [0.4, 0.5) is 0 Å². The van der Waals surface area contributed by atoms with Gasteiger partial charge in [0, 0.05) is 42.0 Å². The predicted octanol–water partition coefficient (Wildman–Crippen LogP) is 2.71. The molecule has 4 heteroatoms. The number of methoxy groups -OCH3 is 1. The van der Waals surface area contributed by atoms with Crippen molar-refractivity contribution in [3.63, 3.8) is 0 Å². The van der Waals surface area contributed by atoms with Crippen LogP contribution in [0.2, 0.25) is 0 Å². The molecule has 0 spiro atoms. The minimum atomic E-state index is 0.453. The molecule has 1 heterocycles. The Morgan fingerprint density at radius 2 is 1.94 bits per heavy atom. The van der Waals surface area contributed by atoms with E-state index in [2.05, 4.69) is 50.2 Å². The predicted molar refractivity (Wildman–Crippen MR) is 79.1 cm³/mol. The molecular weight excluding hydrogens is 244 g/mol. The summed E-state index contributed by atoms with van der Waals surface area (Å²) in [5, 5.41) is 3.45. The SMILES string of the molecule is COCC(C)N(C)Cc1ccc(CNC(C)C)s1. The highest BCUT2D eigenvalue weighted by Gasteiger charge is 2.10. The van der Waals surface area contributed by atoms with E-state index in [1.54, 1.807) is 7.11 Å². The maximum absolute atomic E-state index is 5.18. The van der Waals surface area contributed by atoms with E-state index in [0.29, 0.717) is 12.1 Å². The van der Waals surface area contributed by atoms with Crippen LogP contribution >= 0.6 is 11.3 Å². The summed E-state index contributed by atoms with van der Waals surface area (Å²) in [5.74, 6) is 0. The van der Waals surface area contributed by atoms with E-state index in [4.69, 9.17) is 4.74 Å². The monoisotopic (exact) mass is 270 g/mol. The highest BCUT2D eigenvalue weighted by atomic mass is 32.1. The van der Waals surface area contributed by atoms with Crippen molar-refractivity contribution >= 4 is 11.3 Å². The van der Waals surface area contributed by atoms with Crippen LogP contribution in [0.3, 0.4) is 0 Å². The largest absolute Gasteiger partial charge is 0.383 e. The van der Waals surface area contributed by atoms with Gasteiger partial charge < -0.3 is 10.1 Å². The first-order valence-electron chi connectivity index (χ1n) is 6.53. The first kappa shape index (κ1) is 15.6. The van der Waals surface area contributed by atoms with Gasteiger partial charge in [-0.1, -0.05) is 13.8 Å². The maximum atomic E-state index is 5.18. The van der Waals surface area contributed by atoms with Crippen LogP contribution < -0.4 is 5.32 Å². The second-order valence-corrected chi connectivity index (χ2v) is 6.38. The third-order valence-electron chi connectivity index (χ3n) is 2.97. The lowest BCUT2D eigenvalue weighted by atomic mass is 10.3. The first-order valence-corrected chi connectivity index (χ1v) is 7.34. The third-order valence-corrected chi connectivity index (χ3v) is 4.04. The molecule has 0 aliphatic heterocycles. The molecule has 0 aromatic carbocycles. The molecule has 0 radical (unpaired) electrons. The zero-order chi connectivity index (χ0) is 13.5. The van der Waals surface area contributed by atoms with E-state index in [9.17, 15) is 0 Å². The topological polar surface area (TPSA) is 24.5 Å². The van der Waals surface area contributed by atoms with Crippen LogP contribution in [0.15, 0.2) is 12.1 Å². The van der Waals surface area contributed by atoms with Gasteiger partial charge in [-0.05, 0) is 26.1 Å². The summed E-state index contributed by atoms with van der Waals surface area (Å²) < 4.78 is 5.18. The number of hydrogen-bond donors (Lipinski definition) is 1.